The highest BCUT2D eigenvalue weighted by Gasteiger charge is 2.34. The van der Waals surface area contributed by atoms with Gasteiger partial charge < -0.3 is 19.1 Å². The highest BCUT2D eigenvalue weighted by molar-refractivity contribution is 5.80. The lowest BCUT2D eigenvalue weighted by Crippen LogP contribution is -2.48. The number of amides is 1. The highest BCUT2D eigenvalue weighted by atomic mass is 16.5. The Hall–Kier alpha value is -3.35. The maximum absolute atomic E-state index is 14.0. The van der Waals surface area contributed by atoms with E-state index in [1.54, 1.807) is 7.11 Å². The van der Waals surface area contributed by atoms with Crippen LogP contribution in [0.15, 0.2) is 53.1 Å². The van der Waals surface area contributed by atoms with Crippen LogP contribution in [0.3, 0.4) is 0 Å². The molecular formula is C29H36N4O3. The number of benzene rings is 2. The maximum Gasteiger partial charge on any atom is 0.246 e. The second-order valence-electron chi connectivity index (χ2n) is 10.1. The van der Waals surface area contributed by atoms with Gasteiger partial charge in [-0.1, -0.05) is 42.1 Å². The maximum atomic E-state index is 14.0. The van der Waals surface area contributed by atoms with Crippen LogP contribution in [-0.2, 0) is 11.3 Å². The topological polar surface area (TPSA) is 71.7 Å². The minimum absolute atomic E-state index is 0.0223. The quantitative estimate of drug-likeness (QED) is 0.429. The number of carbonyl (C=O) groups excluding carboxylic acids is 1. The van der Waals surface area contributed by atoms with Crippen molar-refractivity contribution >= 4 is 11.6 Å². The largest absolute Gasteiger partial charge is 0.497 e. The Labute approximate surface area is 213 Å². The number of ether oxygens (including phenoxy) is 1. The van der Waals surface area contributed by atoms with Crippen LogP contribution in [0.25, 0.3) is 11.4 Å². The molecule has 2 fully saturated rings. The normalized spacial score (nSPS) is 18.7. The number of aryl methyl sites for hydroxylation is 1. The van der Waals surface area contributed by atoms with Crippen LogP contribution in [0.1, 0.15) is 56.4 Å². The van der Waals surface area contributed by atoms with Crippen LogP contribution >= 0.6 is 0 Å². The third kappa shape index (κ3) is 5.55. The SMILES string of the molecule is COc1ccc(-c2noc(CN(C(=O)C3CCCN(c4ccc(C)cc4)C3)C3CCCCC3)n2)cc1. The van der Waals surface area contributed by atoms with Crippen molar-refractivity contribution in [2.24, 2.45) is 5.92 Å². The molecule has 0 N–H and O–H groups in total. The average Bonchev–Trinajstić information content (AvgIpc) is 3.41. The molecule has 7 heteroatoms. The molecule has 1 saturated carbocycles. The van der Waals surface area contributed by atoms with Crippen LogP contribution in [0.4, 0.5) is 5.69 Å². The average molecular weight is 489 g/mol. The molecular weight excluding hydrogens is 452 g/mol. The molecule has 1 atom stereocenters. The second-order valence-corrected chi connectivity index (χ2v) is 10.1. The van der Waals surface area contributed by atoms with Gasteiger partial charge >= 0.3 is 0 Å². The van der Waals surface area contributed by atoms with Crippen LogP contribution in [-0.4, -0.2) is 47.2 Å². The van der Waals surface area contributed by atoms with Crippen molar-refractivity contribution in [3.05, 3.63) is 60.0 Å². The standard InChI is InChI=1S/C29H36N4O3/c1-21-10-14-24(15-11-21)32-18-6-7-23(19-32)29(34)33(25-8-4-3-5-9-25)20-27-30-28(31-36-27)22-12-16-26(35-2)17-13-22/h10-17,23,25H,3-9,18-20H2,1-2H3. The number of nitrogens with zero attached hydrogens (tertiary/aromatic N) is 4. The second kappa shape index (κ2) is 11.1. The Balaban J connectivity index is 1.32. The minimum atomic E-state index is -0.0223. The van der Waals surface area contributed by atoms with Crippen molar-refractivity contribution in [3.63, 3.8) is 0 Å². The van der Waals surface area contributed by atoms with E-state index in [1.807, 2.05) is 29.2 Å². The van der Waals surface area contributed by atoms with Gasteiger partial charge in [-0.05, 0) is 69.0 Å². The Morgan fingerprint density at radius 3 is 2.50 bits per heavy atom. The fraction of sp³-hybridized carbons (Fsp3) is 0.483. The summed E-state index contributed by atoms with van der Waals surface area (Å²) in [5.74, 6) is 2.01. The van der Waals surface area contributed by atoms with Crippen molar-refractivity contribution in [1.82, 2.24) is 15.0 Å². The molecule has 2 heterocycles. The monoisotopic (exact) mass is 488 g/mol. The first-order valence-corrected chi connectivity index (χ1v) is 13.2. The molecule has 1 unspecified atom stereocenters. The molecule has 0 bridgehead atoms. The Bertz CT molecular complexity index is 1140. The van der Waals surface area contributed by atoms with Gasteiger partial charge in [0, 0.05) is 30.4 Å². The number of carbonyl (C=O) groups is 1. The lowest BCUT2D eigenvalue weighted by molar-refractivity contribution is -0.140. The van der Waals surface area contributed by atoms with Gasteiger partial charge in [0.2, 0.25) is 17.6 Å². The van der Waals surface area contributed by atoms with Crippen LogP contribution < -0.4 is 9.64 Å². The summed E-state index contributed by atoms with van der Waals surface area (Å²) in [6, 6.07) is 16.4. The van der Waals surface area contributed by atoms with Gasteiger partial charge in [0.15, 0.2) is 0 Å². The third-order valence-electron chi connectivity index (χ3n) is 7.59. The molecule has 0 spiro atoms. The van der Waals surface area contributed by atoms with Gasteiger partial charge in [-0.2, -0.15) is 4.98 Å². The predicted octanol–water partition coefficient (Wildman–Crippen LogP) is 5.63. The molecule has 1 saturated heterocycles. The molecule has 0 radical (unpaired) electrons. The molecule has 2 aliphatic rings. The fourth-order valence-electron chi connectivity index (χ4n) is 5.51. The summed E-state index contributed by atoms with van der Waals surface area (Å²) in [6.07, 6.45) is 7.59. The summed E-state index contributed by atoms with van der Waals surface area (Å²) < 4.78 is 10.9. The molecule has 190 valence electrons. The number of methoxy groups -OCH3 is 1. The fourth-order valence-corrected chi connectivity index (χ4v) is 5.51. The van der Waals surface area contributed by atoms with E-state index in [-0.39, 0.29) is 17.9 Å². The molecule has 1 amide bonds. The Morgan fingerprint density at radius 2 is 1.78 bits per heavy atom. The molecule has 5 rings (SSSR count). The van der Waals surface area contributed by atoms with Gasteiger partial charge in [-0.3, -0.25) is 4.79 Å². The van der Waals surface area contributed by atoms with Crippen LogP contribution in [0, 0.1) is 12.8 Å². The van der Waals surface area contributed by atoms with Crippen molar-refractivity contribution < 1.29 is 14.1 Å². The number of piperidine rings is 1. The molecule has 1 aromatic heterocycles. The first-order valence-electron chi connectivity index (χ1n) is 13.2. The zero-order valence-corrected chi connectivity index (χ0v) is 21.4. The number of hydrogen-bond donors (Lipinski definition) is 0. The van der Waals surface area contributed by atoms with Gasteiger partial charge in [0.1, 0.15) is 12.3 Å². The lowest BCUT2D eigenvalue weighted by Gasteiger charge is -2.39. The van der Waals surface area contributed by atoms with Crippen molar-refractivity contribution in [3.8, 4) is 17.1 Å². The zero-order chi connectivity index (χ0) is 24.9. The van der Waals surface area contributed by atoms with E-state index in [9.17, 15) is 4.79 Å². The molecule has 36 heavy (non-hydrogen) atoms. The minimum Gasteiger partial charge on any atom is -0.497 e. The van der Waals surface area contributed by atoms with E-state index in [1.165, 1.54) is 17.7 Å². The summed E-state index contributed by atoms with van der Waals surface area (Å²) in [7, 11) is 1.64. The molecule has 3 aromatic rings. The molecule has 1 aliphatic heterocycles. The first-order chi connectivity index (χ1) is 17.6. The van der Waals surface area contributed by atoms with Crippen molar-refractivity contribution in [2.45, 2.75) is 64.5 Å². The summed E-state index contributed by atoms with van der Waals surface area (Å²) >= 11 is 0. The van der Waals surface area contributed by atoms with E-state index in [0.29, 0.717) is 18.3 Å². The van der Waals surface area contributed by atoms with E-state index in [4.69, 9.17) is 9.26 Å². The number of rotatable bonds is 7. The van der Waals surface area contributed by atoms with Crippen LogP contribution in [0.5, 0.6) is 5.75 Å². The Kier molecular flexibility index (Phi) is 7.54. The summed E-state index contributed by atoms with van der Waals surface area (Å²) in [4.78, 5) is 23.0. The summed E-state index contributed by atoms with van der Waals surface area (Å²) in [5, 5.41) is 4.20. The van der Waals surface area contributed by atoms with E-state index >= 15 is 0 Å². The number of anilines is 1. The van der Waals surface area contributed by atoms with Crippen molar-refractivity contribution in [1.29, 1.82) is 0 Å². The van der Waals surface area contributed by atoms with E-state index in [0.717, 1.165) is 62.9 Å². The van der Waals surface area contributed by atoms with Gasteiger partial charge in [-0.25, -0.2) is 0 Å². The Morgan fingerprint density at radius 1 is 1.03 bits per heavy atom. The van der Waals surface area contributed by atoms with Crippen molar-refractivity contribution in [2.75, 3.05) is 25.1 Å². The van der Waals surface area contributed by atoms with E-state index < -0.39 is 0 Å². The summed E-state index contributed by atoms with van der Waals surface area (Å²) in [5.41, 5.74) is 3.31. The van der Waals surface area contributed by atoms with Gasteiger partial charge in [0.05, 0.1) is 13.0 Å². The number of hydrogen-bond acceptors (Lipinski definition) is 6. The first kappa shape index (κ1) is 24.3. The van der Waals surface area contributed by atoms with Gasteiger partial charge in [-0.15, -0.1) is 0 Å². The molecule has 7 nitrogen and oxygen atoms in total. The highest BCUT2D eigenvalue weighted by Crippen LogP contribution is 2.30. The predicted molar refractivity (Wildman–Crippen MR) is 140 cm³/mol. The van der Waals surface area contributed by atoms with E-state index in [2.05, 4.69) is 46.2 Å². The zero-order valence-electron chi connectivity index (χ0n) is 21.4. The van der Waals surface area contributed by atoms with Crippen LogP contribution in [0.2, 0.25) is 0 Å². The number of aromatic nitrogens is 2. The molecule has 2 aromatic carbocycles. The smallest absolute Gasteiger partial charge is 0.246 e. The lowest BCUT2D eigenvalue weighted by atomic mass is 9.91. The third-order valence-corrected chi connectivity index (χ3v) is 7.59. The van der Waals surface area contributed by atoms with Gasteiger partial charge in [0.25, 0.3) is 0 Å². The summed E-state index contributed by atoms with van der Waals surface area (Å²) in [6.45, 7) is 4.22. The molecule has 1 aliphatic carbocycles.